The summed E-state index contributed by atoms with van der Waals surface area (Å²) in [6.07, 6.45) is 9.63. The molecule has 7 atom stereocenters. The van der Waals surface area contributed by atoms with E-state index in [1.807, 2.05) is 55.6 Å². The van der Waals surface area contributed by atoms with Crippen molar-refractivity contribution >= 4 is 47.0 Å². The number of hydrogen-bond donors (Lipinski definition) is 5. The molecule has 0 bridgehead atoms. The Morgan fingerprint density at radius 2 is 1.90 bits per heavy atom. The molecule has 17 heteroatoms. The van der Waals surface area contributed by atoms with Gasteiger partial charge in [-0.05, 0) is 90.2 Å². The van der Waals surface area contributed by atoms with Crippen LogP contribution in [0.4, 0.5) is 9.93 Å². The van der Waals surface area contributed by atoms with Crippen LogP contribution < -0.4 is 25.8 Å². The molecule has 2 saturated carbocycles. The van der Waals surface area contributed by atoms with Crippen molar-refractivity contribution in [2.45, 2.75) is 134 Å². The number of aliphatic hydroxyl groups is 1. The molecule has 6 N–H and O–H groups in total. The van der Waals surface area contributed by atoms with Gasteiger partial charge in [-0.1, -0.05) is 25.0 Å². The minimum absolute atomic E-state index is 0.0598. The average Bonchev–Trinajstić information content (AvgIpc) is 3.48. The number of primary amides is 1. The van der Waals surface area contributed by atoms with Crippen molar-refractivity contribution in [2.24, 2.45) is 11.7 Å². The highest BCUT2D eigenvalue weighted by Crippen LogP contribution is 2.62. The first kappa shape index (κ1) is 43.8. The number of alkyl carbamates (subject to hydrolysis) is 1. The van der Waals surface area contributed by atoms with Crippen LogP contribution in [0.2, 0.25) is 0 Å². The quantitative estimate of drug-likeness (QED) is 0.0418. The number of unbranched alkanes of at least 4 members (excludes halogenated alkanes) is 3. The van der Waals surface area contributed by atoms with Gasteiger partial charge >= 0.3 is 13.7 Å². The average molecular weight is 843 g/mol. The van der Waals surface area contributed by atoms with Gasteiger partial charge in [0.25, 0.3) is 0 Å². The number of carbonyl (C=O) groups is 2. The number of anilines is 1. The summed E-state index contributed by atoms with van der Waals surface area (Å²) in [5, 5.41) is 21.6. The SMILES string of the molecule is CCOP(=O)(O)[C@H]1C[C@H]1/C=C\CCCCC[C@H](NC(=O)OC1CCCC1)C(O)N1C[C@H](Oc2cc(-c3csc(NC(C)C)n3)nc3cc(OC)ccc23)C[C@H]1C(N)=O. The fourth-order valence-corrected chi connectivity index (χ4v) is 10.4. The largest absolute Gasteiger partial charge is 0.497 e. The standard InChI is InChI=1S/C41H59N6O9PS/c1-5-54-57(51,52)37-19-26(37)13-9-7-6-8-10-16-31(46-41(50)56-27-14-11-12-15-27)39(49)47-23-29(21-35(47)38(42)48)55-36-22-33(34-24-58-40(45-34)43-25(2)3)44-32-20-28(53-4)17-18-30(32)36/h9,13,17-18,20,22,24-27,29,31,35,37,39,49H,5-8,10-12,14-16,19,21,23H2,1-4H3,(H2,42,48)(H,43,45)(H,46,50)(H,51,52)/b13-9-/t26-,29-,31+,35+,37+,39?/m1/s1. The van der Waals surface area contributed by atoms with Gasteiger partial charge in [-0.3, -0.25) is 14.3 Å². The van der Waals surface area contributed by atoms with Crippen molar-refractivity contribution in [3.63, 3.8) is 0 Å². The van der Waals surface area contributed by atoms with Gasteiger partial charge in [-0.2, -0.15) is 0 Å². The molecule has 6 rings (SSSR count). The van der Waals surface area contributed by atoms with Crippen molar-refractivity contribution in [1.29, 1.82) is 0 Å². The number of aliphatic hydroxyl groups excluding tert-OH is 1. The summed E-state index contributed by atoms with van der Waals surface area (Å²) in [7, 11) is -1.97. The van der Waals surface area contributed by atoms with Gasteiger partial charge in [0, 0.05) is 41.9 Å². The van der Waals surface area contributed by atoms with Crippen LogP contribution in [0.5, 0.6) is 11.5 Å². The Morgan fingerprint density at radius 3 is 2.62 bits per heavy atom. The number of nitrogens with two attached hydrogens (primary N) is 1. The fraction of sp³-hybridized carbons (Fsp3) is 0.610. The lowest BCUT2D eigenvalue weighted by atomic mass is 10.0. The first-order valence-electron chi connectivity index (χ1n) is 20.6. The fourth-order valence-electron chi connectivity index (χ4n) is 7.90. The number of allylic oxidation sites excluding steroid dienone is 2. The first-order valence-corrected chi connectivity index (χ1v) is 23.1. The topological polar surface area (TPSA) is 208 Å². The predicted octanol–water partition coefficient (Wildman–Crippen LogP) is 6.97. The molecule has 58 heavy (non-hydrogen) atoms. The number of nitrogens with zero attached hydrogens (tertiary/aromatic N) is 3. The zero-order valence-corrected chi connectivity index (χ0v) is 35.6. The van der Waals surface area contributed by atoms with Gasteiger partial charge in [0.15, 0.2) is 5.13 Å². The molecule has 15 nitrogen and oxygen atoms in total. The van der Waals surface area contributed by atoms with Crippen LogP contribution in [-0.4, -0.2) is 99.4 Å². The molecular weight excluding hydrogens is 784 g/mol. The molecule has 3 aliphatic rings. The second-order valence-corrected chi connectivity index (χ2v) is 18.7. The highest BCUT2D eigenvalue weighted by molar-refractivity contribution is 7.54. The monoisotopic (exact) mass is 842 g/mol. The molecule has 1 aliphatic heterocycles. The second kappa shape index (κ2) is 20.0. The molecule has 1 saturated heterocycles. The van der Waals surface area contributed by atoms with Crippen LogP contribution in [0.25, 0.3) is 22.3 Å². The smallest absolute Gasteiger partial charge is 0.407 e. The maximum absolute atomic E-state index is 13.1. The zero-order valence-electron chi connectivity index (χ0n) is 33.9. The molecule has 1 aromatic carbocycles. The van der Waals surface area contributed by atoms with Crippen LogP contribution in [0.15, 0.2) is 41.8 Å². The van der Waals surface area contributed by atoms with Crippen molar-refractivity contribution in [3.8, 4) is 22.9 Å². The lowest BCUT2D eigenvalue weighted by molar-refractivity contribution is -0.127. The van der Waals surface area contributed by atoms with E-state index < -0.39 is 44.0 Å². The number of methoxy groups -OCH3 is 1. The van der Waals surface area contributed by atoms with Gasteiger partial charge in [0.2, 0.25) is 5.91 Å². The number of carbonyl (C=O) groups excluding carboxylic acids is 2. The van der Waals surface area contributed by atoms with Crippen molar-refractivity contribution in [1.82, 2.24) is 20.2 Å². The highest BCUT2D eigenvalue weighted by Gasteiger charge is 2.49. The number of hydrogen-bond acceptors (Lipinski definition) is 13. The Hall–Kier alpha value is -3.79. The van der Waals surface area contributed by atoms with E-state index >= 15 is 0 Å². The number of rotatable bonds is 21. The maximum Gasteiger partial charge on any atom is 0.407 e. The Labute approximate surface area is 344 Å². The normalized spacial score (nSPS) is 23.2. The number of fused-ring (bicyclic) bond motifs is 1. The first-order chi connectivity index (χ1) is 27.8. The molecule has 2 amide bonds. The minimum atomic E-state index is -3.56. The van der Waals surface area contributed by atoms with Gasteiger partial charge in [-0.15, -0.1) is 11.3 Å². The molecule has 2 unspecified atom stereocenters. The highest BCUT2D eigenvalue weighted by atomic mass is 32.1. The molecule has 3 heterocycles. The number of ether oxygens (including phenoxy) is 3. The number of aromatic nitrogens is 2. The Bertz CT molecular complexity index is 1940. The maximum atomic E-state index is 13.1. The lowest BCUT2D eigenvalue weighted by Gasteiger charge is -2.33. The molecule has 0 radical (unpaired) electrons. The van der Waals surface area contributed by atoms with E-state index in [-0.39, 0.29) is 43.3 Å². The van der Waals surface area contributed by atoms with Crippen LogP contribution in [0, 0.1) is 5.92 Å². The predicted molar refractivity (Wildman–Crippen MR) is 224 cm³/mol. The number of pyridine rings is 1. The summed E-state index contributed by atoms with van der Waals surface area (Å²) >= 11 is 1.49. The Morgan fingerprint density at radius 1 is 1.10 bits per heavy atom. The number of amides is 2. The van der Waals surface area contributed by atoms with Crippen molar-refractivity contribution in [2.75, 3.05) is 25.6 Å². The van der Waals surface area contributed by atoms with Gasteiger partial charge in [0.1, 0.15) is 35.6 Å². The van der Waals surface area contributed by atoms with Crippen LogP contribution in [0.3, 0.4) is 0 Å². The summed E-state index contributed by atoms with van der Waals surface area (Å²) in [5.41, 5.74) is 7.57. The van der Waals surface area contributed by atoms with Gasteiger partial charge in [0.05, 0.1) is 42.7 Å². The number of likely N-dealkylation sites (tertiary alicyclic amines) is 1. The molecule has 2 aliphatic carbocycles. The van der Waals surface area contributed by atoms with Crippen molar-refractivity contribution < 1.29 is 42.9 Å². The number of thiazole rings is 1. The second-order valence-electron chi connectivity index (χ2n) is 15.8. The Kier molecular flexibility index (Phi) is 15.1. The summed E-state index contributed by atoms with van der Waals surface area (Å²) in [6, 6.07) is 6.01. The Balaban J connectivity index is 1.13. The number of nitrogens with one attached hydrogen (secondary N) is 2. The summed E-state index contributed by atoms with van der Waals surface area (Å²) in [4.78, 5) is 47.4. The van der Waals surface area contributed by atoms with E-state index in [0.29, 0.717) is 47.7 Å². The summed E-state index contributed by atoms with van der Waals surface area (Å²) in [6.45, 7) is 6.20. The van der Waals surface area contributed by atoms with Crippen molar-refractivity contribution in [3.05, 3.63) is 41.8 Å². The van der Waals surface area contributed by atoms with Crippen LogP contribution in [-0.2, 0) is 18.6 Å². The van der Waals surface area contributed by atoms with Gasteiger partial charge in [-0.25, -0.2) is 14.8 Å². The molecule has 318 valence electrons. The van der Waals surface area contributed by atoms with E-state index in [1.165, 1.54) is 11.3 Å². The third kappa shape index (κ3) is 11.5. The van der Waals surface area contributed by atoms with E-state index in [1.54, 1.807) is 18.9 Å². The number of benzene rings is 1. The lowest BCUT2D eigenvalue weighted by Crippen LogP contribution is -2.56. The summed E-state index contributed by atoms with van der Waals surface area (Å²) in [5.74, 6) is 0.640. The van der Waals surface area contributed by atoms with E-state index in [9.17, 15) is 24.2 Å². The van der Waals surface area contributed by atoms with E-state index in [2.05, 4.69) is 10.6 Å². The minimum Gasteiger partial charge on any atom is -0.497 e. The third-order valence-electron chi connectivity index (χ3n) is 11.0. The van der Waals surface area contributed by atoms with E-state index in [0.717, 1.165) is 55.5 Å². The molecule has 0 spiro atoms. The molecular formula is C41H59N6O9PS. The molecule has 2 aromatic heterocycles. The van der Waals surface area contributed by atoms with Crippen LogP contribution >= 0.6 is 18.9 Å². The van der Waals surface area contributed by atoms with Gasteiger partial charge < -0.3 is 45.1 Å². The third-order valence-corrected chi connectivity index (χ3v) is 13.8. The van der Waals surface area contributed by atoms with E-state index in [4.69, 9.17) is 34.4 Å². The molecule has 3 fully saturated rings. The molecule has 3 aromatic rings. The zero-order chi connectivity index (χ0) is 41.4. The van der Waals surface area contributed by atoms with Crippen LogP contribution in [0.1, 0.15) is 91.4 Å². The summed E-state index contributed by atoms with van der Waals surface area (Å²) < 4.78 is 35.2.